The lowest BCUT2D eigenvalue weighted by Gasteiger charge is -2.41. The molecular weight excluding hydrogens is 452 g/mol. The molecular formula is C28H35N6O2+. The molecule has 2 saturated heterocycles. The number of nitrogens with two attached hydrogens (primary N) is 1. The first-order valence-corrected chi connectivity index (χ1v) is 12.6. The maximum atomic E-state index is 12.9. The normalized spacial score (nSPS) is 17.7. The second-order valence-electron chi connectivity index (χ2n) is 9.30. The van der Waals surface area contributed by atoms with Crippen molar-refractivity contribution in [3.63, 3.8) is 0 Å². The van der Waals surface area contributed by atoms with Gasteiger partial charge in [-0.3, -0.25) is 9.69 Å². The molecule has 0 bridgehead atoms. The summed E-state index contributed by atoms with van der Waals surface area (Å²) in [7, 11) is 0. The Kier molecular flexibility index (Phi) is 8.85. The van der Waals surface area contributed by atoms with Gasteiger partial charge in [0.15, 0.2) is 0 Å². The molecule has 188 valence electrons. The topological polar surface area (TPSA) is 109 Å². The van der Waals surface area contributed by atoms with Gasteiger partial charge in [-0.15, -0.1) is 0 Å². The highest BCUT2D eigenvalue weighted by atomic mass is 16.5. The Bertz CT molecular complexity index is 1130. The van der Waals surface area contributed by atoms with Crippen LogP contribution in [0.1, 0.15) is 30.9 Å². The predicted octanol–water partition coefficient (Wildman–Crippen LogP) is 2.48. The second kappa shape index (κ2) is 12.5. The van der Waals surface area contributed by atoms with Crippen molar-refractivity contribution in [2.75, 3.05) is 49.6 Å². The van der Waals surface area contributed by atoms with Crippen molar-refractivity contribution in [2.24, 2.45) is 0 Å². The Morgan fingerprint density at radius 2 is 1.89 bits per heavy atom. The zero-order valence-corrected chi connectivity index (χ0v) is 20.9. The first-order valence-electron chi connectivity index (χ1n) is 12.6. The second-order valence-corrected chi connectivity index (χ2v) is 9.30. The van der Waals surface area contributed by atoms with E-state index < -0.39 is 0 Å². The van der Waals surface area contributed by atoms with Crippen molar-refractivity contribution in [2.45, 2.75) is 32.4 Å². The first kappa shape index (κ1) is 25.6. The maximum absolute atomic E-state index is 12.9. The molecule has 1 amide bonds. The van der Waals surface area contributed by atoms with Gasteiger partial charge in [0, 0.05) is 56.6 Å². The van der Waals surface area contributed by atoms with Crippen molar-refractivity contribution in [1.29, 1.82) is 10.7 Å². The number of allylic oxidation sites excluding steroid dienone is 1. The zero-order valence-electron chi connectivity index (χ0n) is 20.9. The molecule has 0 spiro atoms. The van der Waals surface area contributed by atoms with Crippen LogP contribution in [-0.4, -0.2) is 62.5 Å². The van der Waals surface area contributed by atoms with E-state index in [0.717, 1.165) is 75.4 Å². The number of nitrogens with one attached hydrogen (secondary N) is 2. The number of ether oxygens (including phenoxy) is 1. The molecule has 8 heteroatoms. The maximum Gasteiger partial charge on any atom is 0.262 e. The summed E-state index contributed by atoms with van der Waals surface area (Å²) in [5, 5.41) is 22.4. The van der Waals surface area contributed by atoms with Crippen LogP contribution in [0.15, 0.2) is 59.8 Å². The third kappa shape index (κ3) is 6.38. The average molecular weight is 488 g/mol. The Morgan fingerprint density at radius 3 is 2.56 bits per heavy atom. The van der Waals surface area contributed by atoms with Crippen LogP contribution < -0.4 is 15.5 Å². The molecule has 2 aliphatic heterocycles. The lowest BCUT2D eigenvalue weighted by Crippen LogP contribution is -2.80. The number of rotatable bonds is 8. The summed E-state index contributed by atoms with van der Waals surface area (Å²) in [4.78, 5) is 17.7. The molecule has 8 nitrogen and oxygen atoms in total. The third-order valence-corrected chi connectivity index (χ3v) is 7.04. The van der Waals surface area contributed by atoms with E-state index in [1.165, 1.54) is 0 Å². The highest BCUT2D eigenvalue weighted by molar-refractivity contribution is 6.17. The fraction of sp³-hybridized carbons (Fsp3) is 0.393. The molecule has 36 heavy (non-hydrogen) atoms. The number of quaternary nitrogens is 1. The van der Waals surface area contributed by atoms with E-state index in [-0.39, 0.29) is 5.91 Å². The van der Waals surface area contributed by atoms with E-state index in [1.807, 2.05) is 54.7 Å². The van der Waals surface area contributed by atoms with Gasteiger partial charge in [-0.2, -0.15) is 5.26 Å². The molecule has 2 aromatic rings. The molecule has 0 saturated carbocycles. The number of amides is 1. The molecule has 4 N–H and O–H groups in total. The molecule has 0 unspecified atom stereocenters. The fourth-order valence-corrected chi connectivity index (χ4v) is 4.95. The van der Waals surface area contributed by atoms with E-state index in [0.29, 0.717) is 29.4 Å². The molecule has 0 atom stereocenters. The molecule has 2 fully saturated rings. The standard InChI is InChI=1S/C28H34N6O2/c1-21(31-20-22-5-3-2-4-6-22)26(19-30)28(35)32-24-7-8-27(23(17-24)18-29)34-11-9-25(10-12-34)33-13-15-36-16-14-33/h2-8,17,19,25,30-31H,9-16,20H2,1H3,(H,32,35)/p+1. The summed E-state index contributed by atoms with van der Waals surface area (Å²) in [5.41, 5.74) is 4.20. The predicted molar refractivity (Wildman–Crippen MR) is 141 cm³/mol. The van der Waals surface area contributed by atoms with Gasteiger partial charge in [0.25, 0.3) is 5.91 Å². The summed E-state index contributed by atoms with van der Waals surface area (Å²) in [6, 6.07) is 18.4. The van der Waals surface area contributed by atoms with Crippen LogP contribution in [0.4, 0.5) is 11.4 Å². The molecule has 2 aromatic carbocycles. The molecule has 0 aromatic heterocycles. The minimum atomic E-state index is -0.352. The van der Waals surface area contributed by atoms with Crippen molar-refractivity contribution in [3.8, 4) is 6.07 Å². The number of piperidine rings is 1. The molecule has 0 aliphatic carbocycles. The summed E-state index contributed by atoms with van der Waals surface area (Å²) < 4.78 is 5.48. The van der Waals surface area contributed by atoms with Crippen LogP contribution in [0.2, 0.25) is 0 Å². The molecule has 0 radical (unpaired) electrons. The van der Waals surface area contributed by atoms with Crippen LogP contribution in [0.25, 0.3) is 0 Å². The van der Waals surface area contributed by atoms with Gasteiger partial charge in [0.1, 0.15) is 23.9 Å². The molecule has 2 heterocycles. The lowest BCUT2D eigenvalue weighted by atomic mass is 10.0. The van der Waals surface area contributed by atoms with E-state index in [1.54, 1.807) is 6.07 Å². The number of morpholine rings is 1. The Labute approximate surface area is 213 Å². The van der Waals surface area contributed by atoms with E-state index >= 15 is 0 Å². The van der Waals surface area contributed by atoms with Gasteiger partial charge in [-0.05, 0) is 31.0 Å². The van der Waals surface area contributed by atoms with Gasteiger partial charge >= 0.3 is 0 Å². The number of nitrogens with zero attached hydrogens (tertiary/aromatic N) is 3. The lowest BCUT2D eigenvalue weighted by molar-refractivity contribution is -0.623. The average Bonchev–Trinajstić information content (AvgIpc) is 2.93. The number of hydrogen-bond acceptors (Lipinski definition) is 6. The Balaban J connectivity index is 1.38. The van der Waals surface area contributed by atoms with Crippen molar-refractivity contribution >= 4 is 23.5 Å². The van der Waals surface area contributed by atoms with Crippen LogP contribution in [0.5, 0.6) is 0 Å². The molecule has 2 aliphatic rings. The number of nitriles is 1. The largest absolute Gasteiger partial charge is 0.379 e. The SMILES string of the molecule is CC([NH2+]Cc1ccccc1)=C(C=N)C(=O)Nc1ccc(N2CCC(N3CCOCC3)CC2)c(C#N)c1. The van der Waals surface area contributed by atoms with Crippen molar-refractivity contribution < 1.29 is 14.8 Å². The van der Waals surface area contributed by atoms with Crippen molar-refractivity contribution in [3.05, 3.63) is 70.9 Å². The van der Waals surface area contributed by atoms with Crippen LogP contribution in [-0.2, 0) is 16.1 Å². The van der Waals surface area contributed by atoms with Crippen LogP contribution in [0, 0.1) is 16.7 Å². The highest BCUT2D eigenvalue weighted by Gasteiger charge is 2.27. The Morgan fingerprint density at radius 1 is 1.17 bits per heavy atom. The summed E-state index contributed by atoms with van der Waals surface area (Å²) in [6.07, 6.45) is 3.22. The quantitative estimate of drug-likeness (QED) is 0.392. The van der Waals surface area contributed by atoms with E-state index in [9.17, 15) is 10.1 Å². The van der Waals surface area contributed by atoms with Gasteiger partial charge in [-0.25, -0.2) is 0 Å². The third-order valence-electron chi connectivity index (χ3n) is 7.04. The number of benzene rings is 2. The molecule has 4 rings (SSSR count). The first-order chi connectivity index (χ1) is 17.6. The van der Waals surface area contributed by atoms with Gasteiger partial charge in [0.05, 0.1) is 24.5 Å². The zero-order chi connectivity index (χ0) is 25.3. The van der Waals surface area contributed by atoms with Gasteiger partial charge in [0.2, 0.25) is 0 Å². The smallest absolute Gasteiger partial charge is 0.262 e. The Hall–Kier alpha value is -3.51. The number of hydrogen-bond donors (Lipinski definition) is 3. The minimum absolute atomic E-state index is 0.304. The van der Waals surface area contributed by atoms with Gasteiger partial charge < -0.3 is 25.7 Å². The summed E-state index contributed by atoms with van der Waals surface area (Å²) >= 11 is 0. The van der Waals surface area contributed by atoms with Crippen molar-refractivity contribution in [1.82, 2.24) is 4.90 Å². The minimum Gasteiger partial charge on any atom is -0.379 e. The monoisotopic (exact) mass is 487 g/mol. The van der Waals surface area contributed by atoms with E-state index in [4.69, 9.17) is 10.1 Å². The summed E-state index contributed by atoms with van der Waals surface area (Å²) in [5.74, 6) is -0.352. The van der Waals surface area contributed by atoms with Crippen LogP contribution in [0.3, 0.4) is 0 Å². The number of carbonyl (C=O) groups is 1. The van der Waals surface area contributed by atoms with E-state index in [2.05, 4.69) is 21.2 Å². The number of carbonyl (C=O) groups excluding carboxylic acids is 1. The van der Waals surface area contributed by atoms with Gasteiger partial charge in [-0.1, -0.05) is 30.3 Å². The van der Waals surface area contributed by atoms with Crippen LogP contribution >= 0.6 is 0 Å². The fourth-order valence-electron chi connectivity index (χ4n) is 4.95. The summed E-state index contributed by atoms with van der Waals surface area (Å²) in [6.45, 7) is 7.95. The highest BCUT2D eigenvalue weighted by Crippen LogP contribution is 2.28. The number of anilines is 2.